The van der Waals surface area contributed by atoms with E-state index in [4.69, 9.17) is 0 Å². The van der Waals surface area contributed by atoms with Gasteiger partial charge in [-0.25, -0.2) is 0 Å². The first kappa shape index (κ1) is 38.4. The molecular weight excluding hydrogens is 829 g/mol. The molecule has 0 saturated heterocycles. The molecule has 11 aromatic rings. The molecule has 67 heavy (non-hydrogen) atoms. The maximum atomic E-state index is 2.54. The van der Waals surface area contributed by atoms with Crippen molar-refractivity contribution >= 4 is 50.6 Å². The second kappa shape index (κ2) is 14.3. The van der Waals surface area contributed by atoms with E-state index in [9.17, 15) is 0 Å². The van der Waals surface area contributed by atoms with Gasteiger partial charge in [0.15, 0.2) is 0 Å². The summed E-state index contributed by atoms with van der Waals surface area (Å²) in [7, 11) is 0. The molecule has 1 spiro atoms. The fourth-order valence-electron chi connectivity index (χ4n) is 12.1. The van der Waals surface area contributed by atoms with Crippen molar-refractivity contribution in [2.45, 2.75) is 34.5 Å². The van der Waals surface area contributed by atoms with Crippen LogP contribution in [0.1, 0.15) is 47.2 Å². The highest BCUT2D eigenvalue weighted by atomic mass is 32.2. The molecule has 316 valence electrons. The maximum absolute atomic E-state index is 2.54. The molecule has 0 unspecified atom stereocenters. The molecule has 0 fully saturated rings. The maximum Gasteiger partial charge on any atom is 0.0735 e. The Hall–Kier alpha value is -7.85. The molecule has 2 nitrogen and oxygen atoms in total. The summed E-state index contributed by atoms with van der Waals surface area (Å²) in [4.78, 5) is 5.03. The summed E-state index contributed by atoms with van der Waals surface area (Å²) in [5.41, 5.74) is 22.3. The van der Waals surface area contributed by atoms with Gasteiger partial charge in [0.2, 0.25) is 0 Å². The Labute approximate surface area is 395 Å². The normalized spacial score (nSPS) is 14.3. The summed E-state index contributed by atoms with van der Waals surface area (Å²) in [6, 6.07) is 86.1. The molecule has 2 heterocycles. The SMILES string of the molecule is CC1(C)c2ccccc2-c2ccc(N(c3ccc(-c4ccccc4)cc3)c3ccc(-n4c5ccccc5c5cc6c(cc54)Sc4ccccc4C64c5ccccc5-c5ccccc54)cc3)cc21. The summed E-state index contributed by atoms with van der Waals surface area (Å²) in [5.74, 6) is 0. The van der Waals surface area contributed by atoms with Crippen LogP contribution < -0.4 is 4.90 Å². The minimum absolute atomic E-state index is 0.116. The molecule has 3 aliphatic rings. The minimum atomic E-state index is -0.429. The first-order valence-corrected chi connectivity index (χ1v) is 24.1. The molecule has 0 atom stereocenters. The van der Waals surface area contributed by atoms with Crippen molar-refractivity contribution in [1.82, 2.24) is 4.57 Å². The van der Waals surface area contributed by atoms with E-state index in [1.807, 2.05) is 11.8 Å². The number of para-hydroxylation sites is 1. The van der Waals surface area contributed by atoms with Crippen LogP contribution >= 0.6 is 11.8 Å². The van der Waals surface area contributed by atoms with Gasteiger partial charge >= 0.3 is 0 Å². The van der Waals surface area contributed by atoms with E-state index in [1.165, 1.54) is 98.4 Å². The van der Waals surface area contributed by atoms with Gasteiger partial charge in [-0.1, -0.05) is 183 Å². The molecule has 0 saturated carbocycles. The van der Waals surface area contributed by atoms with Crippen molar-refractivity contribution in [3.05, 3.63) is 264 Å². The van der Waals surface area contributed by atoms with Crippen LogP contribution in [0.2, 0.25) is 0 Å². The third-order valence-electron chi connectivity index (χ3n) is 15.1. The number of hydrogen-bond acceptors (Lipinski definition) is 2. The van der Waals surface area contributed by atoms with Gasteiger partial charge in [0.05, 0.1) is 16.4 Å². The van der Waals surface area contributed by atoms with Gasteiger partial charge in [0.1, 0.15) is 0 Å². The van der Waals surface area contributed by atoms with Gasteiger partial charge in [-0.15, -0.1) is 0 Å². The molecule has 0 bridgehead atoms. The zero-order valence-corrected chi connectivity index (χ0v) is 38.1. The lowest BCUT2D eigenvalue weighted by atomic mass is 9.67. The minimum Gasteiger partial charge on any atom is -0.310 e. The van der Waals surface area contributed by atoms with Crippen molar-refractivity contribution in [3.8, 4) is 39.1 Å². The third-order valence-corrected chi connectivity index (χ3v) is 16.2. The summed E-state index contributed by atoms with van der Waals surface area (Å²) < 4.78 is 2.48. The number of rotatable bonds is 5. The molecule has 14 rings (SSSR count). The van der Waals surface area contributed by atoms with Crippen molar-refractivity contribution in [2.75, 3.05) is 4.90 Å². The number of fused-ring (bicyclic) bond motifs is 15. The van der Waals surface area contributed by atoms with Crippen molar-refractivity contribution in [1.29, 1.82) is 0 Å². The lowest BCUT2D eigenvalue weighted by molar-refractivity contribution is 0.660. The Bertz CT molecular complexity index is 3760. The Kier molecular flexibility index (Phi) is 8.21. The fraction of sp³-hybridized carbons (Fsp3) is 0.0625. The van der Waals surface area contributed by atoms with E-state index >= 15 is 0 Å². The predicted octanol–water partition coefficient (Wildman–Crippen LogP) is 17.1. The van der Waals surface area contributed by atoms with Crippen molar-refractivity contribution in [3.63, 3.8) is 0 Å². The highest BCUT2D eigenvalue weighted by Crippen LogP contribution is 2.63. The lowest BCUT2D eigenvalue weighted by Gasteiger charge is -2.39. The zero-order valence-electron chi connectivity index (χ0n) is 37.2. The summed E-state index contributed by atoms with van der Waals surface area (Å²) >= 11 is 1.91. The van der Waals surface area contributed by atoms with E-state index in [-0.39, 0.29) is 5.41 Å². The van der Waals surface area contributed by atoms with E-state index in [0.717, 1.165) is 22.7 Å². The number of aromatic nitrogens is 1. The molecule has 1 aliphatic heterocycles. The first-order chi connectivity index (χ1) is 33.0. The standard InChI is InChI=1S/C64H44N2S/c1-63(2)53-22-10-6-18-47(53)50-37-36-46(38-57(50)63)65(43-30-28-42(29-31-43)41-16-4-3-5-17-41)44-32-34-45(35-33-44)66-59-26-14-9-21-51(59)52-39-58-62(40-60(52)66)67-61-27-15-13-25-56(61)64(58)54-23-11-7-19-48(54)49-20-8-12-24-55(49)64/h3-40H,1-2H3. The number of hydrogen-bond donors (Lipinski definition) is 0. The van der Waals surface area contributed by atoms with Gasteiger partial charge < -0.3 is 9.47 Å². The zero-order chi connectivity index (χ0) is 44.4. The average molecular weight is 873 g/mol. The Morgan fingerprint density at radius 3 is 1.61 bits per heavy atom. The van der Waals surface area contributed by atoms with Crippen molar-refractivity contribution < 1.29 is 0 Å². The topological polar surface area (TPSA) is 8.17 Å². The molecule has 10 aromatic carbocycles. The van der Waals surface area contributed by atoms with E-state index in [0.29, 0.717) is 0 Å². The molecule has 0 N–H and O–H groups in total. The quantitative estimate of drug-likeness (QED) is 0.170. The van der Waals surface area contributed by atoms with E-state index in [2.05, 4.69) is 254 Å². The van der Waals surface area contributed by atoms with E-state index < -0.39 is 5.41 Å². The van der Waals surface area contributed by atoms with Gasteiger partial charge in [0, 0.05) is 48.7 Å². The van der Waals surface area contributed by atoms with E-state index in [1.54, 1.807) is 0 Å². The molecule has 0 amide bonds. The van der Waals surface area contributed by atoms with Crippen LogP contribution in [0.15, 0.2) is 240 Å². The lowest BCUT2D eigenvalue weighted by Crippen LogP contribution is -2.31. The van der Waals surface area contributed by atoms with Gasteiger partial charge in [-0.2, -0.15) is 0 Å². The summed E-state index contributed by atoms with van der Waals surface area (Å²) in [5, 5.41) is 2.52. The molecule has 3 heteroatoms. The van der Waals surface area contributed by atoms with Crippen LogP contribution in [0.4, 0.5) is 17.1 Å². The summed E-state index contributed by atoms with van der Waals surface area (Å²) in [6.45, 7) is 4.72. The van der Waals surface area contributed by atoms with Crippen LogP contribution in [-0.4, -0.2) is 4.57 Å². The number of benzene rings is 10. The first-order valence-electron chi connectivity index (χ1n) is 23.3. The van der Waals surface area contributed by atoms with Gasteiger partial charge in [-0.3, -0.25) is 0 Å². The Balaban J connectivity index is 0.937. The second-order valence-electron chi connectivity index (χ2n) is 18.8. The third kappa shape index (κ3) is 5.41. The Morgan fingerprint density at radius 1 is 0.358 bits per heavy atom. The Morgan fingerprint density at radius 2 is 0.896 bits per heavy atom. The molecule has 2 aliphatic carbocycles. The number of nitrogens with zero attached hydrogens (tertiary/aromatic N) is 2. The number of anilines is 3. The molecule has 0 radical (unpaired) electrons. The van der Waals surface area contributed by atoms with Crippen LogP contribution in [-0.2, 0) is 10.8 Å². The average Bonchev–Trinajstić information content (AvgIpc) is 3.95. The fourth-order valence-corrected chi connectivity index (χ4v) is 13.3. The molecule has 1 aromatic heterocycles. The predicted molar refractivity (Wildman–Crippen MR) is 280 cm³/mol. The smallest absolute Gasteiger partial charge is 0.0735 e. The largest absolute Gasteiger partial charge is 0.310 e. The highest BCUT2D eigenvalue weighted by Gasteiger charge is 2.50. The van der Waals surface area contributed by atoms with Crippen molar-refractivity contribution in [2.24, 2.45) is 0 Å². The van der Waals surface area contributed by atoms with Crippen LogP contribution in [0, 0.1) is 0 Å². The molecular formula is C64H44N2S. The monoisotopic (exact) mass is 872 g/mol. The van der Waals surface area contributed by atoms with Gasteiger partial charge in [-0.05, 0) is 140 Å². The van der Waals surface area contributed by atoms with Crippen LogP contribution in [0.3, 0.4) is 0 Å². The summed E-state index contributed by atoms with van der Waals surface area (Å²) in [6.07, 6.45) is 0. The van der Waals surface area contributed by atoms with Gasteiger partial charge in [0.25, 0.3) is 0 Å². The van der Waals surface area contributed by atoms with Crippen LogP contribution in [0.25, 0.3) is 60.9 Å². The second-order valence-corrected chi connectivity index (χ2v) is 19.9. The highest BCUT2D eigenvalue weighted by molar-refractivity contribution is 7.99. The van der Waals surface area contributed by atoms with Crippen LogP contribution in [0.5, 0.6) is 0 Å².